The fraction of sp³-hybridized carbons (Fsp3) is 0.250. The molecule has 1 aromatic rings. The van der Waals surface area contributed by atoms with Crippen molar-refractivity contribution >= 4 is 11.3 Å². The standard InChI is InChI=1S/C8H11N3/c1-5(2)8-4-7(9)6(3)10-11-8/h4H,1H2,2-3H3,(H2,9,11). The Labute approximate surface area is 65.9 Å². The predicted molar refractivity (Wildman–Crippen MR) is 45.9 cm³/mol. The van der Waals surface area contributed by atoms with Gasteiger partial charge in [-0.1, -0.05) is 6.58 Å². The van der Waals surface area contributed by atoms with Crippen LogP contribution < -0.4 is 5.73 Å². The number of nitrogen functional groups attached to an aromatic ring is 1. The zero-order valence-electron chi connectivity index (χ0n) is 6.76. The molecule has 1 aromatic heterocycles. The van der Waals surface area contributed by atoms with Crippen LogP contribution in [-0.2, 0) is 0 Å². The Bertz CT molecular complexity index is 291. The second kappa shape index (κ2) is 2.70. The second-order valence-electron chi connectivity index (χ2n) is 2.55. The lowest BCUT2D eigenvalue weighted by Gasteiger charge is -2.00. The Balaban J connectivity index is 3.15. The van der Waals surface area contributed by atoms with Gasteiger partial charge in [-0.25, -0.2) is 0 Å². The van der Waals surface area contributed by atoms with E-state index in [0.29, 0.717) is 5.69 Å². The quantitative estimate of drug-likeness (QED) is 0.656. The average Bonchev–Trinajstić information content (AvgIpc) is 1.94. The topological polar surface area (TPSA) is 51.8 Å². The van der Waals surface area contributed by atoms with Crippen molar-refractivity contribution < 1.29 is 0 Å². The van der Waals surface area contributed by atoms with E-state index >= 15 is 0 Å². The van der Waals surface area contributed by atoms with Crippen molar-refractivity contribution in [1.29, 1.82) is 0 Å². The summed E-state index contributed by atoms with van der Waals surface area (Å²) in [4.78, 5) is 0. The Morgan fingerprint density at radius 1 is 1.55 bits per heavy atom. The Hall–Kier alpha value is -1.38. The van der Waals surface area contributed by atoms with Gasteiger partial charge in [0, 0.05) is 0 Å². The molecule has 0 atom stereocenters. The second-order valence-corrected chi connectivity index (χ2v) is 2.55. The molecule has 0 aromatic carbocycles. The molecule has 2 N–H and O–H groups in total. The van der Waals surface area contributed by atoms with Gasteiger partial charge in [-0.15, -0.1) is 0 Å². The molecule has 0 radical (unpaired) electrons. The first kappa shape index (κ1) is 7.72. The van der Waals surface area contributed by atoms with Crippen LogP contribution in [0.15, 0.2) is 12.6 Å². The molecular weight excluding hydrogens is 138 g/mol. The molecule has 1 rings (SSSR count). The maximum absolute atomic E-state index is 5.61. The number of hydrogen-bond donors (Lipinski definition) is 1. The van der Waals surface area contributed by atoms with Crippen LogP contribution in [-0.4, -0.2) is 10.2 Å². The van der Waals surface area contributed by atoms with Gasteiger partial charge in [0.25, 0.3) is 0 Å². The van der Waals surface area contributed by atoms with Gasteiger partial charge in [0.15, 0.2) is 0 Å². The van der Waals surface area contributed by atoms with Crippen LogP contribution in [0.5, 0.6) is 0 Å². The summed E-state index contributed by atoms with van der Waals surface area (Å²) in [7, 11) is 0. The average molecular weight is 149 g/mol. The highest BCUT2D eigenvalue weighted by atomic mass is 15.1. The van der Waals surface area contributed by atoms with Crippen molar-refractivity contribution in [3.8, 4) is 0 Å². The van der Waals surface area contributed by atoms with Crippen molar-refractivity contribution in [3.05, 3.63) is 24.0 Å². The van der Waals surface area contributed by atoms with Crippen molar-refractivity contribution in [3.63, 3.8) is 0 Å². The largest absolute Gasteiger partial charge is 0.397 e. The molecule has 0 unspecified atom stereocenters. The van der Waals surface area contributed by atoms with E-state index in [-0.39, 0.29) is 0 Å². The van der Waals surface area contributed by atoms with E-state index in [1.807, 2.05) is 13.8 Å². The Morgan fingerprint density at radius 3 is 2.64 bits per heavy atom. The molecule has 0 bridgehead atoms. The molecule has 3 heteroatoms. The SMILES string of the molecule is C=C(C)c1cc(N)c(C)nn1. The number of anilines is 1. The summed E-state index contributed by atoms with van der Waals surface area (Å²) >= 11 is 0. The molecule has 0 aliphatic carbocycles. The fourth-order valence-electron chi connectivity index (χ4n) is 0.676. The normalized spacial score (nSPS) is 9.64. The van der Waals surface area contributed by atoms with Gasteiger partial charge in [-0.2, -0.15) is 10.2 Å². The number of nitrogens with zero attached hydrogens (tertiary/aromatic N) is 2. The molecule has 0 saturated heterocycles. The van der Waals surface area contributed by atoms with Gasteiger partial charge in [-0.05, 0) is 25.5 Å². The number of aromatic nitrogens is 2. The molecule has 0 aliphatic heterocycles. The molecule has 11 heavy (non-hydrogen) atoms. The number of rotatable bonds is 1. The van der Waals surface area contributed by atoms with Gasteiger partial charge in [-0.3, -0.25) is 0 Å². The van der Waals surface area contributed by atoms with Gasteiger partial charge in [0.2, 0.25) is 0 Å². The monoisotopic (exact) mass is 149 g/mol. The fourth-order valence-corrected chi connectivity index (χ4v) is 0.676. The Morgan fingerprint density at radius 2 is 2.18 bits per heavy atom. The van der Waals surface area contributed by atoms with E-state index in [2.05, 4.69) is 16.8 Å². The first-order chi connectivity index (χ1) is 5.11. The van der Waals surface area contributed by atoms with E-state index in [1.54, 1.807) is 6.07 Å². The minimum atomic E-state index is 0.665. The van der Waals surface area contributed by atoms with Crippen molar-refractivity contribution in [2.24, 2.45) is 0 Å². The first-order valence-corrected chi connectivity index (χ1v) is 3.37. The summed E-state index contributed by atoms with van der Waals surface area (Å²) in [6, 6.07) is 1.78. The molecule has 1 heterocycles. The summed E-state index contributed by atoms with van der Waals surface area (Å²) in [5.74, 6) is 0. The summed E-state index contributed by atoms with van der Waals surface area (Å²) in [5, 5.41) is 7.77. The summed E-state index contributed by atoms with van der Waals surface area (Å²) in [6.07, 6.45) is 0. The van der Waals surface area contributed by atoms with Crippen molar-refractivity contribution in [2.45, 2.75) is 13.8 Å². The van der Waals surface area contributed by atoms with Crippen molar-refractivity contribution in [2.75, 3.05) is 5.73 Å². The van der Waals surface area contributed by atoms with Crippen LogP contribution in [0.2, 0.25) is 0 Å². The van der Waals surface area contributed by atoms with E-state index < -0.39 is 0 Å². The van der Waals surface area contributed by atoms with Gasteiger partial charge < -0.3 is 5.73 Å². The predicted octanol–water partition coefficient (Wildman–Crippen LogP) is 1.40. The number of aryl methyl sites for hydroxylation is 1. The lowest BCUT2D eigenvalue weighted by atomic mass is 10.2. The van der Waals surface area contributed by atoms with Gasteiger partial charge in [0.05, 0.1) is 17.1 Å². The molecular formula is C8H11N3. The van der Waals surface area contributed by atoms with Crippen LogP contribution in [0.3, 0.4) is 0 Å². The summed E-state index contributed by atoms with van der Waals surface area (Å²) in [6.45, 7) is 7.44. The third kappa shape index (κ3) is 1.55. The molecule has 3 nitrogen and oxygen atoms in total. The zero-order chi connectivity index (χ0) is 8.43. The van der Waals surface area contributed by atoms with E-state index in [4.69, 9.17) is 5.73 Å². The first-order valence-electron chi connectivity index (χ1n) is 3.37. The van der Waals surface area contributed by atoms with Gasteiger partial charge >= 0.3 is 0 Å². The molecule has 0 amide bonds. The summed E-state index contributed by atoms with van der Waals surface area (Å²) < 4.78 is 0. The van der Waals surface area contributed by atoms with E-state index in [1.165, 1.54) is 0 Å². The van der Waals surface area contributed by atoms with Crippen LogP contribution >= 0.6 is 0 Å². The third-order valence-electron chi connectivity index (χ3n) is 1.45. The maximum Gasteiger partial charge on any atom is 0.0901 e. The van der Waals surface area contributed by atoms with Crippen LogP contribution in [0.1, 0.15) is 18.3 Å². The minimum Gasteiger partial charge on any atom is -0.397 e. The van der Waals surface area contributed by atoms with Crippen molar-refractivity contribution in [1.82, 2.24) is 10.2 Å². The maximum atomic E-state index is 5.61. The highest BCUT2D eigenvalue weighted by Crippen LogP contribution is 2.12. The van der Waals surface area contributed by atoms with Crippen LogP contribution in [0.4, 0.5) is 5.69 Å². The lowest BCUT2D eigenvalue weighted by molar-refractivity contribution is 0.968. The van der Waals surface area contributed by atoms with E-state index in [0.717, 1.165) is 17.0 Å². The molecule has 0 saturated carbocycles. The summed E-state index contributed by atoms with van der Waals surface area (Å²) in [5.41, 5.74) is 8.68. The molecule has 0 aliphatic rings. The third-order valence-corrected chi connectivity index (χ3v) is 1.45. The lowest BCUT2D eigenvalue weighted by Crippen LogP contribution is -1.98. The zero-order valence-corrected chi connectivity index (χ0v) is 6.76. The molecule has 58 valence electrons. The van der Waals surface area contributed by atoms with Crippen LogP contribution in [0, 0.1) is 6.92 Å². The molecule has 0 spiro atoms. The smallest absolute Gasteiger partial charge is 0.0901 e. The minimum absolute atomic E-state index is 0.665. The highest BCUT2D eigenvalue weighted by molar-refractivity contribution is 5.61. The number of hydrogen-bond acceptors (Lipinski definition) is 3. The highest BCUT2D eigenvalue weighted by Gasteiger charge is 1.99. The molecule has 0 fully saturated rings. The number of nitrogens with two attached hydrogens (primary N) is 1. The Kier molecular flexibility index (Phi) is 1.89. The number of allylic oxidation sites excluding steroid dienone is 1. The van der Waals surface area contributed by atoms with Gasteiger partial charge in [0.1, 0.15) is 0 Å². The van der Waals surface area contributed by atoms with E-state index in [9.17, 15) is 0 Å². The van der Waals surface area contributed by atoms with Crippen LogP contribution in [0.25, 0.3) is 5.57 Å².